The molecule has 1 aromatic rings. The number of benzene rings is 1. The van der Waals surface area contributed by atoms with Gasteiger partial charge in [0.25, 0.3) is 0 Å². The van der Waals surface area contributed by atoms with Crippen LogP contribution < -0.4 is 15.2 Å². The van der Waals surface area contributed by atoms with Crippen molar-refractivity contribution in [3.8, 4) is 11.5 Å². The number of ether oxygens (including phenoxy) is 2. The minimum Gasteiger partial charge on any atom is -0.493 e. The molecule has 96 valence electrons. The van der Waals surface area contributed by atoms with E-state index in [1.165, 1.54) is 13.2 Å². The molecule has 1 atom stereocenters. The Morgan fingerprint density at radius 3 is 2.53 bits per heavy atom. The smallest absolute Gasteiger partial charge is 0.165 e. The first-order valence-electron chi connectivity index (χ1n) is 5.36. The first-order chi connectivity index (χ1) is 8.06. The van der Waals surface area contributed by atoms with Gasteiger partial charge in [0.1, 0.15) is 5.82 Å². The van der Waals surface area contributed by atoms with Gasteiger partial charge in [-0.2, -0.15) is 0 Å². The SMILES string of the molecule is COc1cc(F)c(Br)c(C(C)CCN)c1OC. The quantitative estimate of drug-likeness (QED) is 0.909. The molecule has 0 aromatic heterocycles. The number of halogens is 2. The van der Waals surface area contributed by atoms with E-state index in [4.69, 9.17) is 15.2 Å². The van der Waals surface area contributed by atoms with Crippen LogP contribution in [-0.2, 0) is 0 Å². The highest BCUT2D eigenvalue weighted by Crippen LogP contribution is 2.42. The van der Waals surface area contributed by atoms with Crippen LogP contribution in [0.15, 0.2) is 10.5 Å². The molecule has 5 heteroatoms. The summed E-state index contributed by atoms with van der Waals surface area (Å²) in [5, 5.41) is 0. The molecular weight excluding hydrogens is 289 g/mol. The summed E-state index contributed by atoms with van der Waals surface area (Å²) >= 11 is 3.25. The Kier molecular flexibility index (Phi) is 5.21. The first-order valence-corrected chi connectivity index (χ1v) is 6.16. The van der Waals surface area contributed by atoms with Crippen LogP contribution in [0.4, 0.5) is 4.39 Å². The molecule has 1 unspecified atom stereocenters. The van der Waals surface area contributed by atoms with Crippen molar-refractivity contribution in [3.63, 3.8) is 0 Å². The van der Waals surface area contributed by atoms with Gasteiger partial charge in [0.15, 0.2) is 11.5 Å². The van der Waals surface area contributed by atoms with Gasteiger partial charge < -0.3 is 15.2 Å². The van der Waals surface area contributed by atoms with Gasteiger partial charge in [-0.25, -0.2) is 4.39 Å². The zero-order valence-corrected chi connectivity index (χ0v) is 11.8. The molecule has 0 aliphatic carbocycles. The second kappa shape index (κ2) is 6.21. The Labute approximate surface area is 109 Å². The molecule has 0 aliphatic heterocycles. The van der Waals surface area contributed by atoms with E-state index in [2.05, 4.69) is 15.9 Å². The summed E-state index contributed by atoms with van der Waals surface area (Å²) in [5.74, 6) is 0.684. The zero-order valence-electron chi connectivity index (χ0n) is 10.2. The standard InChI is InChI=1S/C12H17BrFNO2/c1-7(4-5-15)10-11(13)8(14)6-9(16-2)12(10)17-3/h6-7H,4-5,15H2,1-3H3. The van der Waals surface area contributed by atoms with Crippen molar-refractivity contribution in [1.29, 1.82) is 0 Å². The van der Waals surface area contributed by atoms with Crippen LogP contribution >= 0.6 is 15.9 Å². The van der Waals surface area contributed by atoms with E-state index >= 15 is 0 Å². The normalized spacial score (nSPS) is 12.4. The summed E-state index contributed by atoms with van der Waals surface area (Å²) in [5.41, 5.74) is 6.29. The molecule has 0 saturated carbocycles. The van der Waals surface area contributed by atoms with Gasteiger partial charge in [0, 0.05) is 11.6 Å². The summed E-state index contributed by atoms with van der Waals surface area (Å²) in [6, 6.07) is 1.31. The van der Waals surface area contributed by atoms with Crippen LogP contribution in [-0.4, -0.2) is 20.8 Å². The van der Waals surface area contributed by atoms with Gasteiger partial charge in [-0.3, -0.25) is 0 Å². The molecule has 0 bridgehead atoms. The van der Waals surface area contributed by atoms with Crippen molar-refractivity contribution in [2.24, 2.45) is 5.73 Å². The molecule has 1 aromatic carbocycles. The van der Waals surface area contributed by atoms with Crippen molar-refractivity contribution in [2.75, 3.05) is 20.8 Å². The number of rotatable bonds is 5. The minimum absolute atomic E-state index is 0.0916. The van der Waals surface area contributed by atoms with E-state index < -0.39 is 0 Å². The van der Waals surface area contributed by atoms with Crippen LogP contribution in [0.2, 0.25) is 0 Å². The maximum Gasteiger partial charge on any atom is 0.165 e. The predicted molar refractivity (Wildman–Crippen MR) is 69.3 cm³/mol. The maximum absolute atomic E-state index is 13.7. The second-order valence-corrected chi connectivity index (χ2v) is 4.59. The highest BCUT2D eigenvalue weighted by atomic mass is 79.9. The van der Waals surface area contributed by atoms with Gasteiger partial charge in [0.2, 0.25) is 0 Å². The third-order valence-corrected chi connectivity index (χ3v) is 3.49. The molecular formula is C12H17BrFNO2. The van der Waals surface area contributed by atoms with Crippen molar-refractivity contribution in [3.05, 3.63) is 21.9 Å². The number of hydrogen-bond acceptors (Lipinski definition) is 3. The van der Waals surface area contributed by atoms with Crippen molar-refractivity contribution in [1.82, 2.24) is 0 Å². The molecule has 0 saturated heterocycles. The van der Waals surface area contributed by atoms with Gasteiger partial charge in [0.05, 0.1) is 18.7 Å². The van der Waals surface area contributed by atoms with E-state index in [1.807, 2.05) is 6.92 Å². The summed E-state index contributed by atoms with van der Waals surface area (Å²) in [6.45, 7) is 2.52. The average Bonchev–Trinajstić information content (AvgIpc) is 2.31. The van der Waals surface area contributed by atoms with E-state index in [1.54, 1.807) is 7.11 Å². The molecule has 1 rings (SSSR count). The lowest BCUT2D eigenvalue weighted by Gasteiger charge is -2.19. The fourth-order valence-corrected chi connectivity index (χ4v) is 2.49. The van der Waals surface area contributed by atoms with Crippen LogP contribution in [0.1, 0.15) is 24.8 Å². The first kappa shape index (κ1) is 14.3. The third-order valence-electron chi connectivity index (χ3n) is 2.69. The Morgan fingerprint density at radius 2 is 2.06 bits per heavy atom. The lowest BCUT2D eigenvalue weighted by Crippen LogP contribution is -2.08. The molecule has 0 amide bonds. The van der Waals surface area contributed by atoms with Crippen LogP contribution in [0.3, 0.4) is 0 Å². The second-order valence-electron chi connectivity index (χ2n) is 3.80. The fraction of sp³-hybridized carbons (Fsp3) is 0.500. The third kappa shape index (κ3) is 2.90. The predicted octanol–water partition coefficient (Wildman–Crippen LogP) is 3.06. The Hall–Kier alpha value is -0.810. The van der Waals surface area contributed by atoms with E-state index in [-0.39, 0.29) is 11.7 Å². The molecule has 2 N–H and O–H groups in total. The minimum atomic E-state index is -0.360. The Balaban J connectivity index is 3.37. The van der Waals surface area contributed by atoms with E-state index in [0.717, 1.165) is 12.0 Å². The van der Waals surface area contributed by atoms with E-state index in [0.29, 0.717) is 22.5 Å². The van der Waals surface area contributed by atoms with Crippen LogP contribution in [0, 0.1) is 5.82 Å². The van der Waals surface area contributed by atoms with E-state index in [9.17, 15) is 4.39 Å². The molecule has 0 heterocycles. The number of methoxy groups -OCH3 is 2. The Morgan fingerprint density at radius 1 is 1.41 bits per heavy atom. The number of nitrogens with two attached hydrogens (primary N) is 1. The molecule has 0 radical (unpaired) electrons. The monoisotopic (exact) mass is 305 g/mol. The highest BCUT2D eigenvalue weighted by Gasteiger charge is 2.22. The van der Waals surface area contributed by atoms with Crippen LogP contribution in [0.25, 0.3) is 0 Å². The molecule has 0 spiro atoms. The fourth-order valence-electron chi connectivity index (χ4n) is 1.80. The maximum atomic E-state index is 13.7. The van der Waals surface area contributed by atoms with Crippen molar-refractivity contribution in [2.45, 2.75) is 19.3 Å². The Bertz CT molecular complexity index is 399. The molecule has 17 heavy (non-hydrogen) atoms. The summed E-state index contributed by atoms with van der Waals surface area (Å²) in [6.07, 6.45) is 0.752. The topological polar surface area (TPSA) is 44.5 Å². The lowest BCUT2D eigenvalue weighted by atomic mass is 9.96. The number of hydrogen-bond donors (Lipinski definition) is 1. The van der Waals surface area contributed by atoms with Crippen molar-refractivity contribution < 1.29 is 13.9 Å². The van der Waals surface area contributed by atoms with Gasteiger partial charge in [-0.05, 0) is 34.8 Å². The van der Waals surface area contributed by atoms with Crippen LogP contribution in [0.5, 0.6) is 11.5 Å². The van der Waals surface area contributed by atoms with Gasteiger partial charge in [-0.1, -0.05) is 6.92 Å². The molecule has 0 fully saturated rings. The summed E-state index contributed by atoms with van der Waals surface area (Å²) in [7, 11) is 3.03. The van der Waals surface area contributed by atoms with Crippen molar-refractivity contribution >= 4 is 15.9 Å². The van der Waals surface area contributed by atoms with Gasteiger partial charge in [-0.15, -0.1) is 0 Å². The zero-order chi connectivity index (χ0) is 13.0. The summed E-state index contributed by atoms with van der Waals surface area (Å²) in [4.78, 5) is 0. The average molecular weight is 306 g/mol. The van der Waals surface area contributed by atoms with Gasteiger partial charge >= 0.3 is 0 Å². The largest absolute Gasteiger partial charge is 0.493 e. The lowest BCUT2D eigenvalue weighted by molar-refractivity contribution is 0.346. The molecule has 0 aliphatic rings. The summed E-state index contributed by atoms with van der Waals surface area (Å²) < 4.78 is 24.6. The highest BCUT2D eigenvalue weighted by molar-refractivity contribution is 9.10. The molecule has 3 nitrogen and oxygen atoms in total.